The van der Waals surface area contributed by atoms with Crippen LogP contribution in [0.1, 0.15) is 43.1 Å². The third kappa shape index (κ3) is 5.68. The molecule has 0 saturated carbocycles. The maximum absolute atomic E-state index is 13.6. The lowest BCUT2D eigenvalue weighted by Gasteiger charge is -2.41. The van der Waals surface area contributed by atoms with Gasteiger partial charge in [-0.1, -0.05) is 36.7 Å². The van der Waals surface area contributed by atoms with E-state index in [9.17, 15) is 22.4 Å². The normalized spacial score (nSPS) is 16.5. The number of rotatable bonds is 6. The molecule has 9 heteroatoms. The van der Waals surface area contributed by atoms with Gasteiger partial charge in [0, 0.05) is 11.1 Å². The fraction of sp³-hybridized carbons (Fsp3) is 0.409. The van der Waals surface area contributed by atoms with Gasteiger partial charge < -0.3 is 15.0 Å². The Morgan fingerprint density at radius 2 is 1.87 bits per heavy atom. The number of benzene rings is 2. The van der Waals surface area contributed by atoms with Gasteiger partial charge in [0.15, 0.2) is 0 Å². The van der Waals surface area contributed by atoms with Gasteiger partial charge in [-0.05, 0) is 48.7 Å². The minimum atomic E-state index is -4.76. The van der Waals surface area contributed by atoms with Gasteiger partial charge in [-0.25, -0.2) is 9.18 Å². The van der Waals surface area contributed by atoms with E-state index >= 15 is 0 Å². The van der Waals surface area contributed by atoms with Crippen molar-refractivity contribution in [1.29, 1.82) is 0 Å². The Kier molecular flexibility index (Phi) is 7.11. The van der Waals surface area contributed by atoms with Gasteiger partial charge in [0.05, 0.1) is 24.8 Å². The summed E-state index contributed by atoms with van der Waals surface area (Å²) >= 11 is 5.92. The number of alkyl halides is 3. The first-order chi connectivity index (χ1) is 14.6. The molecular formula is C22H23ClF4N2O2. The molecule has 0 radical (unpaired) electrons. The molecule has 168 valence electrons. The maximum Gasteiger partial charge on any atom is 0.416 e. The average Bonchev–Trinajstić information content (AvgIpc) is 2.67. The van der Waals surface area contributed by atoms with Crippen molar-refractivity contribution in [3.05, 3.63) is 70.0 Å². The average molecular weight is 459 g/mol. The summed E-state index contributed by atoms with van der Waals surface area (Å²) in [7, 11) is 0. The monoisotopic (exact) mass is 458 g/mol. The van der Waals surface area contributed by atoms with Crippen LogP contribution in [0.5, 0.6) is 0 Å². The number of carbonyl (C=O) groups excluding carboxylic acids is 1. The zero-order chi connectivity index (χ0) is 22.8. The van der Waals surface area contributed by atoms with Gasteiger partial charge in [0.25, 0.3) is 0 Å². The van der Waals surface area contributed by atoms with Crippen LogP contribution in [0.4, 0.5) is 22.4 Å². The largest absolute Gasteiger partial charge is 0.416 e. The molecule has 1 heterocycles. The third-order valence-corrected chi connectivity index (χ3v) is 5.47. The summed E-state index contributed by atoms with van der Waals surface area (Å²) < 4.78 is 60.5. The molecule has 0 spiro atoms. The fourth-order valence-electron chi connectivity index (χ4n) is 3.26. The van der Waals surface area contributed by atoms with E-state index in [2.05, 4.69) is 5.32 Å². The number of ether oxygens (including phenoxy) is 1. The Morgan fingerprint density at radius 3 is 2.45 bits per heavy atom. The van der Waals surface area contributed by atoms with Gasteiger partial charge >= 0.3 is 12.2 Å². The number of likely N-dealkylation sites (tertiary alicyclic amines) is 1. The molecule has 1 N–H and O–H groups in total. The summed E-state index contributed by atoms with van der Waals surface area (Å²) in [6, 6.07) is 8.55. The van der Waals surface area contributed by atoms with Crippen LogP contribution in [-0.4, -0.2) is 36.2 Å². The van der Waals surface area contributed by atoms with E-state index in [-0.39, 0.29) is 30.7 Å². The highest BCUT2D eigenvalue weighted by Crippen LogP contribution is 2.39. The number of hydrogen-bond acceptors (Lipinski definition) is 2. The van der Waals surface area contributed by atoms with Crippen molar-refractivity contribution in [3.63, 3.8) is 0 Å². The first kappa shape index (κ1) is 23.3. The molecule has 2 aromatic rings. The molecule has 0 aromatic heterocycles. The molecule has 3 rings (SSSR count). The number of carbonyl (C=O) groups is 1. The van der Waals surface area contributed by atoms with Crippen molar-refractivity contribution in [2.24, 2.45) is 0 Å². The van der Waals surface area contributed by atoms with Gasteiger partial charge in [0.1, 0.15) is 11.9 Å². The highest BCUT2D eigenvalue weighted by molar-refractivity contribution is 6.30. The molecule has 0 bridgehead atoms. The van der Waals surface area contributed by atoms with Crippen LogP contribution < -0.4 is 5.32 Å². The van der Waals surface area contributed by atoms with E-state index in [1.54, 1.807) is 24.3 Å². The minimum Gasteiger partial charge on any atom is -0.362 e. The van der Waals surface area contributed by atoms with Gasteiger partial charge in [-0.15, -0.1) is 0 Å². The zero-order valence-electron chi connectivity index (χ0n) is 17.0. The molecule has 0 aliphatic carbocycles. The van der Waals surface area contributed by atoms with Crippen LogP contribution in [0.2, 0.25) is 5.02 Å². The Balaban J connectivity index is 1.84. The number of hydrogen-bond donors (Lipinski definition) is 1. The van der Waals surface area contributed by atoms with Crippen LogP contribution >= 0.6 is 11.6 Å². The summed E-state index contributed by atoms with van der Waals surface area (Å²) in [6.07, 6.45) is -5.54. The van der Waals surface area contributed by atoms with E-state index in [4.69, 9.17) is 16.3 Å². The quantitative estimate of drug-likeness (QED) is 0.556. The van der Waals surface area contributed by atoms with Crippen molar-refractivity contribution >= 4 is 17.6 Å². The second-order valence-electron chi connectivity index (χ2n) is 7.58. The lowest BCUT2D eigenvalue weighted by molar-refractivity contribution is -0.140. The molecule has 2 amide bonds. The lowest BCUT2D eigenvalue weighted by atomic mass is 9.95. The van der Waals surface area contributed by atoms with Crippen molar-refractivity contribution in [2.75, 3.05) is 13.1 Å². The standard InChI is InChI=1S/C22H23ClF4N2O2/c1-3-13(2)28-21(30)29-11-17(12-29)31-20(14-4-6-15(23)7-5-14)18-9-8-16(24)10-19(18)22(25,26)27/h4-10,13,17,20H,3,11-12H2,1-2H3,(H,28,30). The smallest absolute Gasteiger partial charge is 0.362 e. The fourth-order valence-corrected chi connectivity index (χ4v) is 3.38. The molecule has 1 aliphatic heterocycles. The van der Waals surface area contributed by atoms with E-state index in [1.165, 1.54) is 4.90 Å². The number of nitrogens with zero attached hydrogens (tertiary/aromatic N) is 1. The van der Waals surface area contributed by atoms with Gasteiger partial charge in [-0.2, -0.15) is 13.2 Å². The molecule has 4 nitrogen and oxygen atoms in total. The van der Waals surface area contributed by atoms with Crippen LogP contribution in [0.25, 0.3) is 0 Å². The van der Waals surface area contributed by atoms with Crippen molar-refractivity contribution < 1.29 is 27.1 Å². The van der Waals surface area contributed by atoms with E-state index in [0.717, 1.165) is 18.6 Å². The number of halogens is 5. The summed E-state index contributed by atoms with van der Waals surface area (Å²) in [5, 5.41) is 3.26. The van der Waals surface area contributed by atoms with Crippen LogP contribution in [0.15, 0.2) is 42.5 Å². The number of amides is 2. The second-order valence-corrected chi connectivity index (χ2v) is 8.02. The first-order valence-electron chi connectivity index (χ1n) is 9.91. The Morgan fingerprint density at radius 1 is 1.23 bits per heavy atom. The Bertz CT molecular complexity index is 915. The lowest BCUT2D eigenvalue weighted by Crippen LogP contribution is -2.59. The molecular weight excluding hydrogens is 436 g/mol. The zero-order valence-corrected chi connectivity index (χ0v) is 17.8. The molecule has 1 fully saturated rings. The summed E-state index contributed by atoms with van der Waals surface area (Å²) in [4.78, 5) is 13.7. The number of nitrogens with one attached hydrogen (secondary N) is 1. The van der Waals surface area contributed by atoms with Gasteiger partial charge in [-0.3, -0.25) is 0 Å². The van der Waals surface area contributed by atoms with E-state index in [1.807, 2.05) is 13.8 Å². The van der Waals surface area contributed by atoms with Crippen LogP contribution in [0, 0.1) is 5.82 Å². The molecule has 2 aromatic carbocycles. The van der Waals surface area contributed by atoms with Crippen LogP contribution in [0.3, 0.4) is 0 Å². The van der Waals surface area contributed by atoms with E-state index < -0.39 is 29.8 Å². The number of urea groups is 1. The first-order valence-corrected chi connectivity index (χ1v) is 10.3. The van der Waals surface area contributed by atoms with Crippen molar-refractivity contribution in [3.8, 4) is 0 Å². The predicted octanol–water partition coefficient (Wildman–Crippen LogP) is 5.80. The summed E-state index contributed by atoms with van der Waals surface area (Å²) in [5.41, 5.74) is -0.846. The van der Waals surface area contributed by atoms with Crippen LogP contribution in [-0.2, 0) is 10.9 Å². The predicted molar refractivity (Wildman–Crippen MR) is 109 cm³/mol. The van der Waals surface area contributed by atoms with Crippen molar-refractivity contribution in [1.82, 2.24) is 10.2 Å². The van der Waals surface area contributed by atoms with Crippen molar-refractivity contribution in [2.45, 2.75) is 44.7 Å². The molecule has 1 saturated heterocycles. The Labute approximate surface area is 183 Å². The summed E-state index contributed by atoms with van der Waals surface area (Å²) in [5.74, 6) is -0.984. The molecule has 31 heavy (non-hydrogen) atoms. The second kappa shape index (κ2) is 9.44. The SMILES string of the molecule is CCC(C)NC(=O)N1CC(OC(c2ccc(Cl)cc2)c2ccc(F)cc2C(F)(F)F)C1. The molecule has 1 aliphatic rings. The Hall–Kier alpha value is -2.32. The molecule has 2 unspecified atom stereocenters. The third-order valence-electron chi connectivity index (χ3n) is 5.22. The van der Waals surface area contributed by atoms with Gasteiger partial charge in [0.2, 0.25) is 0 Å². The van der Waals surface area contributed by atoms with E-state index in [0.29, 0.717) is 16.7 Å². The maximum atomic E-state index is 13.6. The topological polar surface area (TPSA) is 41.6 Å². The highest BCUT2D eigenvalue weighted by Gasteiger charge is 2.39. The minimum absolute atomic E-state index is 0.0165. The highest BCUT2D eigenvalue weighted by atomic mass is 35.5. The molecule has 2 atom stereocenters. The summed E-state index contributed by atoms with van der Waals surface area (Å²) in [6.45, 7) is 4.32.